The average molecular weight is 232 g/mol. The first-order chi connectivity index (χ1) is 8.13. The first kappa shape index (κ1) is 13.6. The van der Waals surface area contributed by atoms with Gasteiger partial charge in [-0.05, 0) is 20.8 Å². The van der Waals surface area contributed by atoms with E-state index in [1.54, 1.807) is 0 Å². The molecule has 1 N–H and O–H groups in total. The van der Waals surface area contributed by atoms with Crippen LogP contribution in [0.15, 0.2) is 35.3 Å². The Morgan fingerprint density at radius 1 is 1.35 bits per heavy atom. The molecule has 1 aromatic carbocycles. The highest BCUT2D eigenvalue weighted by molar-refractivity contribution is 6.04. The highest BCUT2D eigenvalue weighted by atomic mass is 16.5. The Balaban J connectivity index is 2.60. The molecule has 0 radical (unpaired) electrons. The summed E-state index contributed by atoms with van der Waals surface area (Å²) in [5.74, 6) is 0.312. The molecule has 0 spiro atoms. The van der Waals surface area contributed by atoms with Gasteiger partial charge in [-0.1, -0.05) is 30.3 Å². The van der Waals surface area contributed by atoms with Gasteiger partial charge in [-0.3, -0.25) is 5.41 Å². The van der Waals surface area contributed by atoms with Gasteiger partial charge in [0.2, 0.25) is 0 Å². The van der Waals surface area contributed by atoms with E-state index in [0.717, 1.165) is 17.7 Å². The summed E-state index contributed by atoms with van der Waals surface area (Å²) in [6, 6.07) is 9.55. The Bertz CT molecular complexity index is 384. The molecule has 0 saturated heterocycles. The smallest absolute Gasteiger partial charge is 0.151 e. The van der Waals surface area contributed by atoms with Crippen LogP contribution < -0.4 is 0 Å². The molecule has 3 heteroatoms. The maximum absolute atomic E-state index is 7.88. The van der Waals surface area contributed by atoms with E-state index < -0.39 is 0 Å². The lowest BCUT2D eigenvalue weighted by Gasteiger charge is -2.10. The van der Waals surface area contributed by atoms with E-state index in [2.05, 4.69) is 4.99 Å². The van der Waals surface area contributed by atoms with Gasteiger partial charge in [0.1, 0.15) is 0 Å². The van der Waals surface area contributed by atoms with Crippen molar-refractivity contribution >= 4 is 11.5 Å². The van der Waals surface area contributed by atoms with E-state index in [0.29, 0.717) is 12.4 Å². The van der Waals surface area contributed by atoms with Gasteiger partial charge in [-0.2, -0.15) is 0 Å². The third kappa shape index (κ3) is 4.91. The summed E-state index contributed by atoms with van der Waals surface area (Å²) in [5, 5.41) is 7.88. The first-order valence-corrected chi connectivity index (χ1v) is 5.93. The third-order valence-electron chi connectivity index (χ3n) is 2.38. The number of rotatable bonds is 5. The predicted octanol–water partition coefficient (Wildman–Crippen LogP) is 3.29. The van der Waals surface area contributed by atoms with E-state index in [1.165, 1.54) is 0 Å². The van der Waals surface area contributed by atoms with E-state index in [-0.39, 0.29) is 6.10 Å². The normalized spacial score (nSPS) is 13.5. The number of amidine groups is 1. The fourth-order valence-electron chi connectivity index (χ4n) is 1.66. The van der Waals surface area contributed by atoms with Crippen LogP contribution in [0.25, 0.3) is 0 Å². The number of nitrogens with zero attached hydrogens (tertiary/aromatic N) is 1. The Morgan fingerprint density at radius 3 is 2.59 bits per heavy atom. The highest BCUT2D eigenvalue weighted by Gasteiger charge is 2.04. The number of nitrogens with one attached hydrogen (secondary N) is 1. The van der Waals surface area contributed by atoms with Crippen molar-refractivity contribution in [1.29, 1.82) is 5.41 Å². The molecule has 0 aromatic heterocycles. The summed E-state index contributed by atoms with van der Waals surface area (Å²) < 4.78 is 5.45. The standard InChI is InChI=1S/C14H20N2O/c1-4-17-12(3)10-11(2)16-14(15)13-8-6-5-7-9-13/h5-9,12,15H,4,10H2,1-3H3. The number of hydrogen-bond donors (Lipinski definition) is 1. The molecule has 1 rings (SSSR count). The molecular weight excluding hydrogens is 212 g/mol. The van der Waals surface area contributed by atoms with Gasteiger partial charge in [0.05, 0.1) is 6.10 Å². The summed E-state index contributed by atoms with van der Waals surface area (Å²) in [6.07, 6.45) is 0.926. The minimum absolute atomic E-state index is 0.160. The van der Waals surface area contributed by atoms with Crippen LogP contribution >= 0.6 is 0 Å². The van der Waals surface area contributed by atoms with Gasteiger partial charge >= 0.3 is 0 Å². The fourth-order valence-corrected chi connectivity index (χ4v) is 1.66. The average Bonchev–Trinajstić information content (AvgIpc) is 2.30. The molecule has 17 heavy (non-hydrogen) atoms. The molecule has 1 atom stereocenters. The van der Waals surface area contributed by atoms with E-state index in [1.807, 2.05) is 51.1 Å². The van der Waals surface area contributed by atoms with Crippen molar-refractivity contribution in [3.63, 3.8) is 0 Å². The molecule has 1 aromatic rings. The largest absolute Gasteiger partial charge is 0.378 e. The molecule has 0 heterocycles. The van der Waals surface area contributed by atoms with Gasteiger partial charge in [-0.15, -0.1) is 0 Å². The van der Waals surface area contributed by atoms with Crippen molar-refractivity contribution in [2.75, 3.05) is 6.61 Å². The van der Waals surface area contributed by atoms with Crippen molar-refractivity contribution in [1.82, 2.24) is 0 Å². The molecule has 92 valence electrons. The molecule has 0 aliphatic carbocycles. The molecular formula is C14H20N2O. The van der Waals surface area contributed by atoms with Crippen LogP contribution in [0, 0.1) is 5.41 Å². The molecule has 1 unspecified atom stereocenters. The zero-order valence-corrected chi connectivity index (χ0v) is 10.7. The number of aliphatic imine (C=N–C) groups is 1. The van der Waals surface area contributed by atoms with Crippen molar-refractivity contribution in [3.8, 4) is 0 Å². The van der Waals surface area contributed by atoms with Gasteiger partial charge < -0.3 is 4.74 Å². The molecule has 0 bridgehead atoms. The Kier molecular flexibility index (Phi) is 5.57. The second kappa shape index (κ2) is 6.97. The third-order valence-corrected chi connectivity index (χ3v) is 2.38. The zero-order chi connectivity index (χ0) is 12.7. The first-order valence-electron chi connectivity index (χ1n) is 5.93. The lowest BCUT2D eigenvalue weighted by Crippen LogP contribution is -2.13. The minimum Gasteiger partial charge on any atom is -0.378 e. The summed E-state index contributed by atoms with van der Waals surface area (Å²) in [7, 11) is 0. The summed E-state index contributed by atoms with van der Waals surface area (Å²) in [4.78, 5) is 4.29. The van der Waals surface area contributed by atoms with E-state index in [9.17, 15) is 0 Å². The van der Waals surface area contributed by atoms with Gasteiger partial charge in [0, 0.05) is 24.3 Å². The van der Waals surface area contributed by atoms with Crippen molar-refractivity contribution < 1.29 is 4.74 Å². The highest BCUT2D eigenvalue weighted by Crippen LogP contribution is 2.04. The lowest BCUT2D eigenvalue weighted by atomic mass is 10.2. The SMILES string of the molecule is CCOC(C)CC(C)=NC(=N)c1ccccc1. The minimum atomic E-state index is 0.160. The topological polar surface area (TPSA) is 45.4 Å². The van der Waals surface area contributed by atoms with Crippen LogP contribution in [-0.4, -0.2) is 24.3 Å². The lowest BCUT2D eigenvalue weighted by molar-refractivity contribution is 0.0817. The van der Waals surface area contributed by atoms with E-state index in [4.69, 9.17) is 10.1 Å². The van der Waals surface area contributed by atoms with Crippen LogP contribution in [0.3, 0.4) is 0 Å². The Morgan fingerprint density at radius 2 is 2.00 bits per heavy atom. The molecule has 0 aliphatic rings. The number of hydrogen-bond acceptors (Lipinski definition) is 2. The van der Waals surface area contributed by atoms with Crippen LogP contribution in [0.1, 0.15) is 32.8 Å². The quantitative estimate of drug-likeness (QED) is 0.614. The summed E-state index contributed by atoms with van der Waals surface area (Å²) in [6.45, 7) is 6.65. The van der Waals surface area contributed by atoms with Crippen molar-refractivity contribution in [2.45, 2.75) is 33.3 Å². The zero-order valence-electron chi connectivity index (χ0n) is 10.7. The number of ether oxygens (including phenoxy) is 1. The van der Waals surface area contributed by atoms with Crippen LogP contribution in [-0.2, 0) is 4.74 Å². The van der Waals surface area contributed by atoms with Gasteiger partial charge in [0.25, 0.3) is 0 Å². The molecule has 0 fully saturated rings. The Labute approximate surface area is 103 Å². The molecule has 0 saturated carbocycles. The van der Waals surface area contributed by atoms with Crippen LogP contribution in [0.5, 0.6) is 0 Å². The summed E-state index contributed by atoms with van der Waals surface area (Å²) >= 11 is 0. The monoisotopic (exact) mass is 232 g/mol. The molecule has 0 aliphatic heterocycles. The van der Waals surface area contributed by atoms with E-state index >= 15 is 0 Å². The number of benzene rings is 1. The van der Waals surface area contributed by atoms with Crippen molar-refractivity contribution in [3.05, 3.63) is 35.9 Å². The second-order valence-corrected chi connectivity index (χ2v) is 4.03. The Hall–Kier alpha value is -1.48. The van der Waals surface area contributed by atoms with Gasteiger partial charge in [0.15, 0.2) is 5.84 Å². The maximum Gasteiger partial charge on any atom is 0.151 e. The van der Waals surface area contributed by atoms with Crippen molar-refractivity contribution in [2.24, 2.45) is 4.99 Å². The second-order valence-electron chi connectivity index (χ2n) is 4.03. The van der Waals surface area contributed by atoms with Crippen LogP contribution in [0.4, 0.5) is 0 Å². The fraction of sp³-hybridized carbons (Fsp3) is 0.429. The van der Waals surface area contributed by atoms with Crippen LogP contribution in [0.2, 0.25) is 0 Å². The molecule has 3 nitrogen and oxygen atoms in total. The summed E-state index contributed by atoms with van der Waals surface area (Å²) in [5.41, 5.74) is 1.77. The van der Waals surface area contributed by atoms with Gasteiger partial charge in [-0.25, -0.2) is 4.99 Å². The maximum atomic E-state index is 7.88. The molecule has 0 amide bonds. The predicted molar refractivity (Wildman–Crippen MR) is 72.1 cm³/mol.